The second-order valence-electron chi connectivity index (χ2n) is 5.05. The summed E-state index contributed by atoms with van der Waals surface area (Å²) in [7, 11) is -1.19. The normalized spacial score (nSPS) is 12.0. The van der Waals surface area contributed by atoms with E-state index in [-0.39, 0.29) is 23.7 Å². The number of hydrogen-bond acceptors (Lipinski definition) is 4. The first kappa shape index (κ1) is 16.1. The van der Waals surface area contributed by atoms with Crippen molar-refractivity contribution < 1.29 is 9.00 Å². The molecule has 0 bridgehead atoms. The molecule has 6 nitrogen and oxygen atoms in total. The van der Waals surface area contributed by atoms with E-state index in [1.54, 1.807) is 36.4 Å². The van der Waals surface area contributed by atoms with Crippen molar-refractivity contribution in [3.05, 3.63) is 70.8 Å². The third kappa shape index (κ3) is 3.57. The van der Waals surface area contributed by atoms with Gasteiger partial charge in [0.1, 0.15) is 0 Å². The lowest BCUT2D eigenvalue weighted by molar-refractivity contribution is 0.0946. The zero-order chi connectivity index (χ0) is 16.9. The second-order valence-corrected chi connectivity index (χ2v) is 6.62. The summed E-state index contributed by atoms with van der Waals surface area (Å²) in [5.41, 5.74) is 0.0953. The summed E-state index contributed by atoms with van der Waals surface area (Å²) >= 11 is 0. The zero-order valence-corrected chi connectivity index (χ0v) is 13.5. The molecule has 2 N–H and O–H groups in total. The van der Waals surface area contributed by atoms with Crippen LogP contribution < -0.4 is 10.9 Å². The Bertz CT molecular complexity index is 954. The number of rotatable bonds is 5. The van der Waals surface area contributed by atoms with Crippen LogP contribution in [0.2, 0.25) is 0 Å². The van der Waals surface area contributed by atoms with E-state index < -0.39 is 16.7 Å². The van der Waals surface area contributed by atoms with Gasteiger partial charge in [-0.2, -0.15) is 0 Å². The van der Waals surface area contributed by atoms with E-state index >= 15 is 0 Å². The Morgan fingerprint density at radius 3 is 2.58 bits per heavy atom. The van der Waals surface area contributed by atoms with Crippen LogP contribution in [0.15, 0.2) is 64.3 Å². The Morgan fingerprint density at radius 2 is 1.79 bits per heavy atom. The van der Waals surface area contributed by atoms with Gasteiger partial charge in [-0.1, -0.05) is 30.3 Å². The lowest BCUT2D eigenvalue weighted by Gasteiger charge is -2.06. The van der Waals surface area contributed by atoms with E-state index in [1.807, 2.05) is 18.2 Å². The molecule has 0 unspecified atom stereocenters. The molecule has 0 aliphatic carbocycles. The predicted molar refractivity (Wildman–Crippen MR) is 92.4 cm³/mol. The molecule has 0 saturated carbocycles. The third-order valence-electron chi connectivity index (χ3n) is 3.41. The van der Waals surface area contributed by atoms with Crippen LogP contribution in [-0.4, -0.2) is 32.4 Å². The quantitative estimate of drug-likeness (QED) is 0.735. The average Bonchev–Trinajstić information content (AvgIpc) is 2.62. The highest BCUT2D eigenvalue weighted by atomic mass is 32.2. The number of amides is 1. The van der Waals surface area contributed by atoms with Gasteiger partial charge < -0.3 is 10.3 Å². The first-order valence-corrected chi connectivity index (χ1v) is 8.68. The molecule has 24 heavy (non-hydrogen) atoms. The minimum absolute atomic E-state index is 0.0517. The largest absolute Gasteiger partial charge is 0.348 e. The Kier molecular flexibility index (Phi) is 4.81. The fraction of sp³-hybridized carbons (Fsp3) is 0.118. The van der Waals surface area contributed by atoms with Gasteiger partial charge >= 0.3 is 0 Å². The van der Waals surface area contributed by atoms with E-state index in [0.29, 0.717) is 15.8 Å². The van der Waals surface area contributed by atoms with Crippen molar-refractivity contribution in [2.24, 2.45) is 0 Å². The second kappa shape index (κ2) is 7.18. The molecule has 122 valence electrons. The van der Waals surface area contributed by atoms with E-state index in [9.17, 15) is 13.8 Å². The van der Waals surface area contributed by atoms with Crippen LogP contribution in [0.25, 0.3) is 10.9 Å². The number of aromatic amines is 1. The van der Waals surface area contributed by atoms with E-state index in [1.165, 1.54) is 0 Å². The van der Waals surface area contributed by atoms with Crippen LogP contribution in [0, 0.1) is 0 Å². The Labute approximate surface area is 140 Å². The van der Waals surface area contributed by atoms with Crippen LogP contribution in [0.4, 0.5) is 0 Å². The smallest absolute Gasteiger partial charge is 0.287 e. The molecule has 0 fully saturated rings. The van der Waals surface area contributed by atoms with Gasteiger partial charge in [-0.25, -0.2) is 4.98 Å². The van der Waals surface area contributed by atoms with Gasteiger partial charge in [0.25, 0.3) is 11.5 Å². The number of fused-ring (bicyclic) bond motifs is 1. The SMILES string of the molecule is O=C(NCC[S@](=O)c1ccccc1)c1nc2ccccc2c(=O)[nH]1. The number of H-pyrrole nitrogens is 1. The van der Waals surface area contributed by atoms with Crippen LogP contribution in [0.3, 0.4) is 0 Å². The van der Waals surface area contributed by atoms with Crippen molar-refractivity contribution in [2.75, 3.05) is 12.3 Å². The zero-order valence-electron chi connectivity index (χ0n) is 12.7. The summed E-state index contributed by atoms with van der Waals surface area (Å²) in [6.07, 6.45) is 0. The van der Waals surface area contributed by atoms with Crippen LogP contribution in [0.5, 0.6) is 0 Å². The minimum Gasteiger partial charge on any atom is -0.348 e. The highest BCUT2D eigenvalue weighted by molar-refractivity contribution is 7.85. The van der Waals surface area contributed by atoms with Gasteiger partial charge in [0.2, 0.25) is 0 Å². The standard InChI is InChI=1S/C17H15N3O3S/c21-16-13-8-4-5-9-14(13)19-15(20-16)17(22)18-10-11-24(23)12-6-2-1-3-7-12/h1-9H,10-11H2,(H,18,22)(H,19,20,21)/t24-/m0/s1. The van der Waals surface area contributed by atoms with E-state index in [0.717, 1.165) is 0 Å². The van der Waals surface area contributed by atoms with Crippen LogP contribution >= 0.6 is 0 Å². The maximum absolute atomic E-state index is 12.1. The number of aromatic nitrogens is 2. The highest BCUT2D eigenvalue weighted by Gasteiger charge is 2.11. The third-order valence-corrected chi connectivity index (χ3v) is 4.78. The molecule has 1 amide bonds. The maximum atomic E-state index is 12.1. The number of carbonyl (C=O) groups is 1. The van der Waals surface area contributed by atoms with Crippen molar-refractivity contribution in [2.45, 2.75) is 4.90 Å². The molecule has 3 rings (SSSR count). The molecule has 1 atom stereocenters. The summed E-state index contributed by atoms with van der Waals surface area (Å²) in [4.78, 5) is 31.4. The van der Waals surface area contributed by atoms with Crippen molar-refractivity contribution in [3.63, 3.8) is 0 Å². The van der Waals surface area contributed by atoms with Gasteiger partial charge in [-0.15, -0.1) is 0 Å². The number of benzene rings is 2. The molecule has 0 saturated heterocycles. The maximum Gasteiger partial charge on any atom is 0.287 e. The fourth-order valence-corrected chi connectivity index (χ4v) is 3.21. The summed E-state index contributed by atoms with van der Waals surface area (Å²) in [5, 5.41) is 3.06. The Balaban J connectivity index is 1.65. The average molecular weight is 341 g/mol. The Morgan fingerprint density at radius 1 is 1.08 bits per heavy atom. The topological polar surface area (TPSA) is 91.9 Å². The number of nitrogens with one attached hydrogen (secondary N) is 2. The number of para-hydroxylation sites is 1. The molecular formula is C17H15N3O3S. The molecule has 1 aromatic heterocycles. The molecule has 0 aliphatic heterocycles. The monoisotopic (exact) mass is 341 g/mol. The summed E-state index contributed by atoms with van der Waals surface area (Å²) in [5.74, 6) is -0.264. The summed E-state index contributed by atoms with van der Waals surface area (Å²) < 4.78 is 12.1. The van der Waals surface area contributed by atoms with Gasteiger partial charge in [-0.05, 0) is 24.3 Å². The van der Waals surface area contributed by atoms with Gasteiger partial charge in [0, 0.05) is 17.2 Å². The lowest BCUT2D eigenvalue weighted by atomic mass is 10.2. The number of nitrogens with zero attached hydrogens (tertiary/aromatic N) is 1. The van der Waals surface area contributed by atoms with Crippen molar-refractivity contribution in [1.29, 1.82) is 0 Å². The van der Waals surface area contributed by atoms with E-state index in [2.05, 4.69) is 15.3 Å². The molecule has 7 heteroatoms. The molecule has 0 spiro atoms. The van der Waals surface area contributed by atoms with Gasteiger partial charge in [-0.3, -0.25) is 13.8 Å². The predicted octanol–water partition coefficient (Wildman–Crippen LogP) is 1.46. The number of hydrogen-bond donors (Lipinski definition) is 2. The summed E-state index contributed by atoms with van der Waals surface area (Å²) in [6.45, 7) is 0.219. The molecule has 0 radical (unpaired) electrons. The first-order valence-electron chi connectivity index (χ1n) is 7.36. The molecule has 1 heterocycles. The van der Waals surface area contributed by atoms with Crippen molar-refractivity contribution >= 4 is 27.6 Å². The molecular weight excluding hydrogens is 326 g/mol. The first-order chi connectivity index (χ1) is 11.6. The highest BCUT2D eigenvalue weighted by Crippen LogP contribution is 2.06. The lowest BCUT2D eigenvalue weighted by Crippen LogP contribution is -2.30. The molecule has 2 aromatic carbocycles. The van der Waals surface area contributed by atoms with Gasteiger partial charge in [0.05, 0.1) is 21.7 Å². The summed E-state index contributed by atoms with van der Waals surface area (Å²) in [6, 6.07) is 15.8. The number of carbonyl (C=O) groups excluding carboxylic acids is 1. The van der Waals surface area contributed by atoms with Gasteiger partial charge in [0.15, 0.2) is 5.82 Å². The fourth-order valence-electron chi connectivity index (χ4n) is 2.23. The van der Waals surface area contributed by atoms with E-state index in [4.69, 9.17) is 0 Å². The van der Waals surface area contributed by atoms with Crippen LogP contribution in [-0.2, 0) is 10.8 Å². The van der Waals surface area contributed by atoms with Crippen molar-refractivity contribution in [3.8, 4) is 0 Å². The van der Waals surface area contributed by atoms with Crippen molar-refractivity contribution in [1.82, 2.24) is 15.3 Å². The molecule has 0 aliphatic rings. The minimum atomic E-state index is -1.19. The Hall–Kier alpha value is -2.80. The molecule has 3 aromatic rings. The van der Waals surface area contributed by atoms with Crippen LogP contribution in [0.1, 0.15) is 10.6 Å².